The highest BCUT2D eigenvalue weighted by Crippen LogP contribution is 2.50. The van der Waals surface area contributed by atoms with Crippen LogP contribution in [0.25, 0.3) is 0 Å². The molecule has 8 heteroatoms. The fraction of sp³-hybridized carbons (Fsp3) is 0.429. The average molecular weight is 1240 g/mol. The molecule has 0 radical (unpaired) electrons. The van der Waals surface area contributed by atoms with Gasteiger partial charge in [-0.3, -0.25) is 0 Å². The monoisotopic (exact) mass is 1240 g/mol. The molecule has 8 nitrogen and oxygen atoms in total. The number of fused-ring (bicyclic) bond motifs is 12. The first-order chi connectivity index (χ1) is 45.1. The molecule has 0 saturated heterocycles. The Hall–Kier alpha value is -7.84. The Kier molecular flexibility index (Phi) is 22.3. The summed E-state index contributed by atoms with van der Waals surface area (Å²) in [7, 11) is 0. The molecule has 0 saturated carbocycles. The molecule has 16 bridgehead atoms. The lowest BCUT2D eigenvalue weighted by Gasteiger charge is -2.31. The second kappa shape index (κ2) is 31.2. The number of benzene rings is 8. The first-order valence-corrected chi connectivity index (χ1v) is 35.2. The second-order valence-electron chi connectivity index (χ2n) is 25.8. The number of hydrogen-bond acceptors (Lipinski definition) is 8. The molecule has 0 unspecified atom stereocenters. The van der Waals surface area contributed by atoms with E-state index in [0.29, 0.717) is 52.9 Å². The van der Waals surface area contributed by atoms with E-state index < -0.39 is 0 Å². The summed E-state index contributed by atoms with van der Waals surface area (Å²) < 4.78 is 53.1. The molecule has 0 fully saturated rings. The van der Waals surface area contributed by atoms with E-state index in [0.717, 1.165) is 149 Å². The maximum absolute atomic E-state index is 6.70. The van der Waals surface area contributed by atoms with Gasteiger partial charge in [-0.1, -0.05) is 191 Å². The van der Waals surface area contributed by atoms with E-state index in [9.17, 15) is 0 Å². The SMILES string of the molecule is CCCOc1c2cccc1Cc1ccc3c(c1OCCC)Cc1c(ccc(c1OCCC)Cc1cccc(c1OCCC)C2)C3C.CCCOc1c2cccc1Cc1ccc3c(c1OCCC)Cc1c(ccc(c1OCCC)Cc1cccc(c1OCCC)C2)C3C. The Morgan fingerprint density at radius 1 is 0.217 bits per heavy atom. The highest BCUT2D eigenvalue weighted by atomic mass is 16.5. The van der Waals surface area contributed by atoms with Gasteiger partial charge in [0, 0.05) is 85.5 Å². The Morgan fingerprint density at radius 3 is 0.554 bits per heavy atom. The van der Waals surface area contributed by atoms with Gasteiger partial charge < -0.3 is 37.9 Å². The van der Waals surface area contributed by atoms with Crippen LogP contribution in [-0.4, -0.2) is 52.9 Å². The van der Waals surface area contributed by atoms with E-state index >= 15 is 0 Å². The molecular formula is C84H100O8. The van der Waals surface area contributed by atoms with Crippen molar-refractivity contribution < 1.29 is 37.9 Å². The molecule has 0 heterocycles. The molecule has 0 atom stereocenters. The van der Waals surface area contributed by atoms with Crippen molar-refractivity contribution in [3.05, 3.63) is 233 Å². The molecule has 92 heavy (non-hydrogen) atoms. The van der Waals surface area contributed by atoms with Crippen LogP contribution in [-0.2, 0) is 51.4 Å². The lowest BCUT2D eigenvalue weighted by atomic mass is 9.76. The van der Waals surface area contributed by atoms with Crippen molar-refractivity contribution in [1.29, 1.82) is 0 Å². The van der Waals surface area contributed by atoms with Gasteiger partial charge >= 0.3 is 0 Å². The third-order valence-electron chi connectivity index (χ3n) is 18.7. The van der Waals surface area contributed by atoms with Gasteiger partial charge in [-0.05, 0) is 140 Å². The minimum Gasteiger partial charge on any atom is -0.493 e. The van der Waals surface area contributed by atoms with Gasteiger partial charge in [-0.2, -0.15) is 0 Å². The molecule has 12 rings (SSSR count). The van der Waals surface area contributed by atoms with Crippen molar-refractivity contribution in [2.45, 2.75) is 184 Å². The fourth-order valence-corrected chi connectivity index (χ4v) is 14.4. The third kappa shape index (κ3) is 14.1. The van der Waals surface area contributed by atoms with Gasteiger partial charge in [0.15, 0.2) is 0 Å². The van der Waals surface area contributed by atoms with Crippen LogP contribution in [0.2, 0.25) is 0 Å². The van der Waals surface area contributed by atoms with Crippen molar-refractivity contribution in [3.63, 3.8) is 0 Å². The van der Waals surface area contributed by atoms with Crippen LogP contribution in [0, 0.1) is 0 Å². The predicted octanol–water partition coefficient (Wildman–Crippen LogP) is 20.0. The molecule has 484 valence electrons. The van der Waals surface area contributed by atoms with Crippen LogP contribution in [0.15, 0.2) is 121 Å². The minimum atomic E-state index is 0.243. The standard InChI is InChI=1S/2C42H50O4/c2*1-6-20-43-39-29-12-10-14-31(39)25-33-16-18-35-28(5)36-19-17-34(26-32-15-11-13-30(24-29)40(32)44-21-7-2)42(46-23-9-4)38(36)27-37(35)41(33)45-22-8-3/h2*10-19,28H,6-9,20-27H2,1-5H3. The number of para-hydroxylation sites is 4. The van der Waals surface area contributed by atoms with Crippen LogP contribution in [0.4, 0.5) is 0 Å². The fourth-order valence-electron chi connectivity index (χ4n) is 14.4. The van der Waals surface area contributed by atoms with E-state index in [1.54, 1.807) is 0 Å². The highest BCUT2D eigenvalue weighted by Gasteiger charge is 2.34. The Morgan fingerprint density at radius 2 is 0.380 bits per heavy atom. The normalized spacial score (nSPS) is 13.6. The minimum absolute atomic E-state index is 0.243. The summed E-state index contributed by atoms with van der Waals surface area (Å²) in [5.41, 5.74) is 25.1. The van der Waals surface area contributed by atoms with Crippen molar-refractivity contribution in [3.8, 4) is 46.0 Å². The highest BCUT2D eigenvalue weighted by molar-refractivity contribution is 5.66. The van der Waals surface area contributed by atoms with Gasteiger partial charge in [0.2, 0.25) is 0 Å². The summed E-state index contributed by atoms with van der Waals surface area (Å²) in [6.07, 6.45) is 13.8. The summed E-state index contributed by atoms with van der Waals surface area (Å²) in [6, 6.07) is 45.1. The molecule has 0 spiro atoms. The van der Waals surface area contributed by atoms with Crippen LogP contribution in [0.3, 0.4) is 0 Å². The van der Waals surface area contributed by atoms with Crippen molar-refractivity contribution in [2.24, 2.45) is 0 Å². The lowest BCUT2D eigenvalue weighted by Crippen LogP contribution is -2.17. The number of hydrogen-bond donors (Lipinski definition) is 0. The van der Waals surface area contributed by atoms with E-state index in [1.165, 1.54) is 111 Å². The van der Waals surface area contributed by atoms with Gasteiger partial charge in [-0.25, -0.2) is 0 Å². The molecule has 0 amide bonds. The molecular weight excluding hydrogens is 1140 g/mol. The maximum Gasteiger partial charge on any atom is 0.126 e. The largest absolute Gasteiger partial charge is 0.493 e. The molecule has 0 N–H and O–H groups in total. The zero-order chi connectivity index (χ0) is 64.1. The van der Waals surface area contributed by atoms with Crippen LogP contribution in [0.1, 0.15) is 244 Å². The summed E-state index contributed by atoms with van der Waals surface area (Å²) in [5.74, 6) is 8.66. The Balaban J connectivity index is 0.000000188. The van der Waals surface area contributed by atoms with Gasteiger partial charge in [0.1, 0.15) is 46.0 Å². The van der Waals surface area contributed by atoms with E-state index in [-0.39, 0.29) is 11.8 Å². The van der Waals surface area contributed by atoms with E-state index in [1.807, 2.05) is 0 Å². The van der Waals surface area contributed by atoms with Gasteiger partial charge in [-0.15, -0.1) is 0 Å². The summed E-state index contributed by atoms with van der Waals surface area (Å²) >= 11 is 0. The van der Waals surface area contributed by atoms with Crippen LogP contribution in [0.5, 0.6) is 46.0 Å². The summed E-state index contributed by atoms with van der Waals surface area (Å²) in [4.78, 5) is 0. The summed E-state index contributed by atoms with van der Waals surface area (Å²) in [5, 5.41) is 0. The predicted molar refractivity (Wildman–Crippen MR) is 375 cm³/mol. The quantitative estimate of drug-likeness (QED) is 0.0592. The molecule has 8 aromatic rings. The zero-order valence-electron chi connectivity index (χ0n) is 56.9. The smallest absolute Gasteiger partial charge is 0.126 e. The topological polar surface area (TPSA) is 73.8 Å². The van der Waals surface area contributed by atoms with Crippen LogP contribution >= 0.6 is 0 Å². The van der Waals surface area contributed by atoms with Crippen LogP contribution < -0.4 is 37.9 Å². The van der Waals surface area contributed by atoms with Crippen molar-refractivity contribution in [1.82, 2.24) is 0 Å². The molecule has 4 aliphatic carbocycles. The maximum atomic E-state index is 6.70. The van der Waals surface area contributed by atoms with Gasteiger partial charge in [0.05, 0.1) is 52.9 Å². The van der Waals surface area contributed by atoms with Crippen molar-refractivity contribution >= 4 is 0 Å². The van der Waals surface area contributed by atoms with Crippen molar-refractivity contribution in [2.75, 3.05) is 52.9 Å². The lowest BCUT2D eigenvalue weighted by molar-refractivity contribution is 0.303. The number of rotatable bonds is 24. The zero-order valence-corrected chi connectivity index (χ0v) is 56.9. The molecule has 0 aliphatic heterocycles. The van der Waals surface area contributed by atoms with E-state index in [2.05, 4.69) is 191 Å². The first-order valence-electron chi connectivity index (χ1n) is 35.2. The Bertz CT molecular complexity index is 3340. The third-order valence-corrected chi connectivity index (χ3v) is 18.7. The number of ether oxygens (including phenoxy) is 8. The molecule has 4 aliphatic rings. The summed E-state index contributed by atoms with van der Waals surface area (Å²) in [6.45, 7) is 27.6. The average Bonchev–Trinajstić information content (AvgIpc) is 0.757. The van der Waals surface area contributed by atoms with E-state index in [4.69, 9.17) is 37.9 Å². The second-order valence-corrected chi connectivity index (χ2v) is 25.8. The molecule has 0 aromatic heterocycles. The van der Waals surface area contributed by atoms with Gasteiger partial charge in [0.25, 0.3) is 0 Å². The Labute approximate surface area is 550 Å². The first kappa shape index (κ1) is 65.6. The molecule has 8 aromatic carbocycles.